The van der Waals surface area contributed by atoms with Gasteiger partial charge in [0.05, 0.1) is 30.7 Å². The number of nitrogens with zero attached hydrogens (tertiary/aromatic N) is 2. The van der Waals surface area contributed by atoms with E-state index >= 15 is 0 Å². The Labute approximate surface area is 552 Å². The van der Waals surface area contributed by atoms with Crippen LogP contribution in [0.1, 0.15) is 115 Å². The first-order chi connectivity index (χ1) is 41.7. The second kappa shape index (κ2) is 33.3. The normalized spacial score (nSPS) is 13.3. The molecule has 2 aliphatic rings. The van der Waals surface area contributed by atoms with Crippen molar-refractivity contribution in [1.29, 1.82) is 0 Å². The SMILES string of the molecule is CC1=C(CC(=O)O)c2cc(F)ccc2/C1=C\c1ccc(S(C)=O)cc1.CC1=C(CC(=O)O)c2cc(F)ccc2/C1=C\c1ccc(S(C)=O)cc1.Cc1ccc(C(=O)c2ccc(CC(=O)O)n2C)cc1.Cc1ccc(C(=O)c2ccc(CC(=O)[O-])n2C)cc1.O.O.[Na+]. The molecule has 2 aliphatic carbocycles. The van der Waals surface area contributed by atoms with Crippen LogP contribution < -0.4 is 34.7 Å². The maximum atomic E-state index is 13.7. The van der Waals surface area contributed by atoms with Gasteiger partial charge >= 0.3 is 47.5 Å². The number of aromatic nitrogens is 2. The molecule has 0 saturated heterocycles. The van der Waals surface area contributed by atoms with Crippen molar-refractivity contribution in [3.63, 3.8) is 0 Å². The average Bonchev–Trinajstić information content (AvgIpc) is 1.66. The van der Waals surface area contributed by atoms with E-state index in [0.29, 0.717) is 56.2 Å². The van der Waals surface area contributed by atoms with Gasteiger partial charge in [0.2, 0.25) is 11.6 Å². The summed E-state index contributed by atoms with van der Waals surface area (Å²) in [6, 6.07) is 44.8. The van der Waals surface area contributed by atoms with Crippen LogP contribution in [0.4, 0.5) is 8.78 Å². The van der Waals surface area contributed by atoms with Gasteiger partial charge < -0.3 is 45.3 Å². The third-order valence-corrected chi connectivity index (χ3v) is 16.7. The number of carbonyl (C=O) groups excluding carboxylic acids is 3. The van der Waals surface area contributed by atoms with Gasteiger partial charge in [-0.05, 0) is 179 Å². The quantitative estimate of drug-likeness (QED) is 0.0643. The summed E-state index contributed by atoms with van der Waals surface area (Å²) >= 11 is 0. The van der Waals surface area contributed by atoms with Crippen molar-refractivity contribution in [2.75, 3.05) is 12.5 Å². The fraction of sp³-hybridized carbons (Fsp3) is 0.171. The summed E-state index contributed by atoms with van der Waals surface area (Å²) in [5.74, 6) is -4.94. The Balaban J connectivity index is 0.000000258. The summed E-state index contributed by atoms with van der Waals surface area (Å²) in [5.41, 5.74) is 15.0. The number of hydrogen-bond donors (Lipinski definition) is 3. The largest absolute Gasteiger partial charge is 1.00 e. The van der Waals surface area contributed by atoms with Gasteiger partial charge in [-0.25, -0.2) is 8.78 Å². The molecule has 2 atom stereocenters. The third kappa shape index (κ3) is 19.1. The number of aryl methyl sites for hydroxylation is 2. The minimum Gasteiger partial charge on any atom is -0.550 e. The number of carboxylic acids is 4. The number of carboxylic acid groups (broad SMARTS) is 4. The van der Waals surface area contributed by atoms with Crippen molar-refractivity contribution in [3.05, 3.63) is 259 Å². The van der Waals surface area contributed by atoms with Crippen molar-refractivity contribution in [2.45, 2.75) is 63.2 Å². The molecule has 0 saturated carbocycles. The maximum absolute atomic E-state index is 13.7. The Hall–Kier alpha value is -8.86. The van der Waals surface area contributed by atoms with Crippen LogP contribution in [0, 0.1) is 25.5 Å². The van der Waals surface area contributed by atoms with Crippen molar-refractivity contribution in [3.8, 4) is 0 Å². The number of halogens is 2. The smallest absolute Gasteiger partial charge is 0.550 e. The molecule has 8 aromatic rings. The molecule has 0 aliphatic heterocycles. The van der Waals surface area contributed by atoms with Crippen LogP contribution >= 0.6 is 0 Å². The predicted molar refractivity (Wildman–Crippen MR) is 343 cm³/mol. The van der Waals surface area contributed by atoms with E-state index in [4.69, 9.17) is 15.3 Å². The molecule has 10 rings (SSSR count). The van der Waals surface area contributed by atoms with E-state index in [1.165, 1.54) is 24.3 Å². The number of fused-ring (bicyclic) bond motifs is 2. The van der Waals surface area contributed by atoms with E-state index in [1.54, 1.807) is 121 Å². The zero-order valence-electron chi connectivity index (χ0n) is 51.5. The van der Waals surface area contributed by atoms with Crippen LogP contribution in [-0.4, -0.2) is 91.8 Å². The number of aliphatic carboxylic acids is 4. The monoisotopic (exact) mass is 1280 g/mol. The Kier molecular flexibility index (Phi) is 27.3. The fourth-order valence-electron chi connectivity index (χ4n) is 10.0. The number of allylic oxidation sites excluding steroid dienone is 4. The molecule has 0 fully saturated rings. The van der Waals surface area contributed by atoms with Crippen molar-refractivity contribution < 1.29 is 107 Å². The second-order valence-corrected chi connectivity index (χ2v) is 23.7. The molecule has 91 heavy (non-hydrogen) atoms. The molecule has 0 amide bonds. The molecule has 2 unspecified atom stereocenters. The van der Waals surface area contributed by atoms with Gasteiger partial charge in [0.25, 0.3) is 0 Å². The second-order valence-electron chi connectivity index (χ2n) is 20.9. The maximum Gasteiger partial charge on any atom is 1.00 e. The standard InChI is InChI=1S/2C20H17FO3S.2C15H15NO3.Na.2H2O/c2*1-12-17(9-13-3-6-15(7-4-13)25(2)24)16-8-5-14(21)10-19(16)18(12)11-20(22)23;2*1-10-3-5-11(6-4-10)15(19)13-8-7-12(16(13)2)9-14(17)18;;;/h2*3-10H,11H2,1-2H3,(H,22,23);2*3-8H,9H2,1-2H3,(H,17,18);;2*1H2/q;;;;+1;;/p-1/b2*17-9-;;;;;. The van der Waals surface area contributed by atoms with E-state index < -0.39 is 45.5 Å². The molecule has 21 heteroatoms. The van der Waals surface area contributed by atoms with Gasteiger partial charge in [0.1, 0.15) is 11.6 Å². The summed E-state index contributed by atoms with van der Waals surface area (Å²) < 4.78 is 53.5. The van der Waals surface area contributed by atoms with Gasteiger partial charge in [-0.3, -0.25) is 32.4 Å². The van der Waals surface area contributed by atoms with Gasteiger partial charge in [-0.1, -0.05) is 96.1 Å². The van der Waals surface area contributed by atoms with Crippen LogP contribution in [0.25, 0.3) is 34.4 Å². The molecule has 468 valence electrons. The molecule has 16 nitrogen and oxygen atoms in total. The zero-order valence-corrected chi connectivity index (χ0v) is 55.1. The fourth-order valence-corrected chi connectivity index (χ4v) is 11.1. The van der Waals surface area contributed by atoms with Crippen LogP contribution in [-0.2, 0) is 67.7 Å². The predicted octanol–water partition coefficient (Wildman–Crippen LogP) is 7.13. The van der Waals surface area contributed by atoms with Crippen molar-refractivity contribution in [1.82, 2.24) is 9.13 Å². The summed E-state index contributed by atoms with van der Waals surface area (Å²) in [4.78, 5) is 69.8. The Morgan fingerprint density at radius 2 is 0.791 bits per heavy atom. The summed E-state index contributed by atoms with van der Waals surface area (Å²) in [6.07, 6.45) is 6.57. The molecule has 2 heterocycles. The first kappa shape index (κ1) is 74.6. The topological polar surface area (TPSA) is 293 Å². The minimum absolute atomic E-state index is 0. The van der Waals surface area contributed by atoms with Gasteiger partial charge in [0, 0.05) is 92.9 Å². The average molecular weight is 1290 g/mol. The first-order valence-corrected chi connectivity index (χ1v) is 30.5. The van der Waals surface area contributed by atoms with Gasteiger partial charge in [-0.2, -0.15) is 0 Å². The van der Waals surface area contributed by atoms with Crippen LogP contribution in [0.15, 0.2) is 179 Å². The molecular formula is C70H67F2N2NaO14S2. The number of benzene rings is 6. The number of ketones is 2. The Bertz CT molecular complexity index is 3950. The van der Waals surface area contributed by atoms with E-state index in [-0.39, 0.29) is 89.4 Å². The van der Waals surface area contributed by atoms with Crippen LogP contribution in [0.2, 0.25) is 0 Å². The van der Waals surface area contributed by atoms with Crippen molar-refractivity contribution >= 4 is 91.5 Å². The zero-order chi connectivity index (χ0) is 64.3. The van der Waals surface area contributed by atoms with Gasteiger partial charge in [-0.15, -0.1) is 0 Å². The molecule has 0 bridgehead atoms. The molecule has 0 spiro atoms. The Morgan fingerprint density at radius 1 is 0.462 bits per heavy atom. The molecule has 0 radical (unpaired) electrons. The number of hydrogen-bond acceptors (Lipinski definition) is 9. The van der Waals surface area contributed by atoms with Crippen LogP contribution in [0.5, 0.6) is 0 Å². The van der Waals surface area contributed by atoms with E-state index in [2.05, 4.69) is 0 Å². The summed E-state index contributed by atoms with van der Waals surface area (Å²) in [5, 5.41) is 37.7. The van der Waals surface area contributed by atoms with Crippen LogP contribution in [0.3, 0.4) is 0 Å². The molecular weight excluding hydrogens is 1220 g/mol. The molecule has 2 aromatic heterocycles. The molecule has 6 aromatic carbocycles. The van der Waals surface area contributed by atoms with E-state index in [0.717, 1.165) is 65.5 Å². The first-order valence-electron chi connectivity index (χ1n) is 27.4. The third-order valence-electron chi connectivity index (χ3n) is 14.8. The van der Waals surface area contributed by atoms with Gasteiger partial charge in [0.15, 0.2) is 0 Å². The summed E-state index contributed by atoms with van der Waals surface area (Å²) in [6.45, 7) is 7.63. The van der Waals surface area contributed by atoms with E-state index in [9.17, 15) is 51.1 Å². The minimum atomic E-state index is -1.16. The van der Waals surface area contributed by atoms with E-state index in [1.807, 2.05) is 88.4 Å². The summed E-state index contributed by atoms with van der Waals surface area (Å²) in [7, 11) is 1.32. The number of carbonyl (C=O) groups is 6. The Morgan fingerprint density at radius 3 is 1.10 bits per heavy atom. The van der Waals surface area contributed by atoms with Crippen molar-refractivity contribution in [2.24, 2.45) is 14.1 Å². The molecule has 7 N–H and O–H groups in total. The number of rotatable bonds is 16.